The fraction of sp³-hybridized carbons (Fsp3) is 0.250. The third kappa shape index (κ3) is 4.73. The summed E-state index contributed by atoms with van der Waals surface area (Å²) in [6, 6.07) is 7.47. The van der Waals surface area contributed by atoms with Crippen LogP contribution in [0, 0.1) is 0 Å². The first kappa shape index (κ1) is 13.1. The van der Waals surface area contributed by atoms with Gasteiger partial charge in [-0.25, -0.2) is 4.79 Å². The van der Waals surface area contributed by atoms with Gasteiger partial charge in [-0.2, -0.15) is 0 Å². The molecule has 0 saturated carbocycles. The number of carbonyl (C=O) groups is 1. The molecule has 0 bridgehead atoms. The number of carbonyl (C=O) groups excluding carboxylic acids is 1. The van der Waals surface area contributed by atoms with E-state index in [-0.39, 0.29) is 5.97 Å². The number of allylic oxidation sites excluding steroid dienone is 1. The molecule has 0 aliphatic carbocycles. The van der Waals surface area contributed by atoms with Gasteiger partial charge in [-0.3, -0.25) is 0 Å². The zero-order valence-electron chi connectivity index (χ0n) is 9.20. The second-order valence-corrected chi connectivity index (χ2v) is 4.82. The third-order valence-electron chi connectivity index (χ3n) is 1.70. The average Bonchev–Trinajstić information content (AvgIpc) is 2.21. The number of thioether (sulfide) groups is 1. The summed E-state index contributed by atoms with van der Waals surface area (Å²) in [4.78, 5) is 13.1. The normalized spacial score (nSPS) is 11.3. The largest absolute Gasteiger partial charge is 0.463 e. The molecule has 0 aromatic heterocycles. The topological polar surface area (TPSA) is 26.3 Å². The molecule has 0 atom stereocenters. The van der Waals surface area contributed by atoms with Crippen molar-refractivity contribution < 1.29 is 9.53 Å². The molecule has 0 aliphatic heterocycles. The molecule has 0 spiro atoms. The Bertz CT molecular complexity index is 385. The third-order valence-corrected chi connectivity index (χ3v) is 2.90. The van der Waals surface area contributed by atoms with Gasteiger partial charge in [0.2, 0.25) is 0 Å². The van der Waals surface area contributed by atoms with E-state index in [0.29, 0.717) is 11.6 Å². The average molecular weight is 257 g/mol. The molecule has 0 unspecified atom stereocenters. The Hall–Kier alpha value is -0.930. The Morgan fingerprint density at radius 1 is 1.44 bits per heavy atom. The zero-order chi connectivity index (χ0) is 12.0. The minimum Gasteiger partial charge on any atom is -0.463 e. The van der Waals surface area contributed by atoms with Gasteiger partial charge in [0.1, 0.15) is 0 Å². The summed E-state index contributed by atoms with van der Waals surface area (Å²) in [5, 5.41) is 0.705. The van der Waals surface area contributed by atoms with Crippen LogP contribution in [-0.4, -0.2) is 12.6 Å². The van der Waals surface area contributed by atoms with Gasteiger partial charge in [-0.15, -0.1) is 0 Å². The zero-order valence-corrected chi connectivity index (χ0v) is 10.8. The summed E-state index contributed by atoms with van der Waals surface area (Å²) < 4.78 is 4.82. The van der Waals surface area contributed by atoms with Crippen LogP contribution in [0.3, 0.4) is 0 Å². The first-order chi connectivity index (χ1) is 7.61. The van der Waals surface area contributed by atoms with Crippen molar-refractivity contribution in [2.75, 3.05) is 6.61 Å². The maximum atomic E-state index is 11.2. The summed E-state index contributed by atoms with van der Waals surface area (Å²) in [5.74, 6) is -0.304. The summed E-state index contributed by atoms with van der Waals surface area (Å²) in [6.07, 6.45) is 1.49. The van der Waals surface area contributed by atoms with Crippen molar-refractivity contribution in [2.24, 2.45) is 0 Å². The molecule has 0 fully saturated rings. The molecule has 0 heterocycles. The number of rotatable bonds is 4. The summed E-state index contributed by atoms with van der Waals surface area (Å²) >= 11 is 7.28. The lowest BCUT2D eigenvalue weighted by Crippen LogP contribution is -1.99. The Kier molecular flexibility index (Phi) is 5.43. The van der Waals surface area contributed by atoms with Crippen LogP contribution in [0.25, 0.3) is 0 Å². The van der Waals surface area contributed by atoms with E-state index in [1.54, 1.807) is 6.92 Å². The van der Waals surface area contributed by atoms with E-state index >= 15 is 0 Å². The lowest BCUT2D eigenvalue weighted by atomic mass is 10.4. The number of hydrogen-bond acceptors (Lipinski definition) is 3. The molecule has 16 heavy (non-hydrogen) atoms. The van der Waals surface area contributed by atoms with Crippen LogP contribution in [0.5, 0.6) is 0 Å². The molecule has 0 aliphatic rings. The first-order valence-electron chi connectivity index (χ1n) is 4.90. The Balaban J connectivity index is 2.60. The quantitative estimate of drug-likeness (QED) is 0.464. The standard InChI is InChI=1S/C12H13ClO2S/c1-3-15-12(14)8-9(2)16-11-6-4-10(13)5-7-11/h4-8H,3H2,1-2H3/b9-8+. The number of benzene rings is 1. The second-order valence-electron chi connectivity index (χ2n) is 3.06. The molecule has 1 aromatic carbocycles. The monoisotopic (exact) mass is 256 g/mol. The van der Waals surface area contributed by atoms with E-state index in [0.717, 1.165) is 9.80 Å². The van der Waals surface area contributed by atoms with Gasteiger partial charge < -0.3 is 4.74 Å². The van der Waals surface area contributed by atoms with Gasteiger partial charge in [0.15, 0.2) is 0 Å². The van der Waals surface area contributed by atoms with Crippen LogP contribution >= 0.6 is 23.4 Å². The maximum absolute atomic E-state index is 11.2. The van der Waals surface area contributed by atoms with E-state index in [9.17, 15) is 4.79 Å². The van der Waals surface area contributed by atoms with Gasteiger partial charge in [-0.1, -0.05) is 23.4 Å². The molecular weight excluding hydrogens is 244 g/mol. The van der Waals surface area contributed by atoms with Crippen molar-refractivity contribution in [2.45, 2.75) is 18.7 Å². The number of halogens is 1. The van der Waals surface area contributed by atoms with E-state index in [2.05, 4.69) is 0 Å². The number of esters is 1. The highest BCUT2D eigenvalue weighted by Crippen LogP contribution is 2.27. The van der Waals surface area contributed by atoms with Crippen LogP contribution < -0.4 is 0 Å². The highest BCUT2D eigenvalue weighted by molar-refractivity contribution is 8.03. The van der Waals surface area contributed by atoms with Crippen molar-refractivity contribution >= 4 is 29.3 Å². The minimum atomic E-state index is -0.304. The van der Waals surface area contributed by atoms with Gasteiger partial charge in [-0.05, 0) is 43.0 Å². The van der Waals surface area contributed by atoms with Crippen molar-refractivity contribution in [3.63, 3.8) is 0 Å². The summed E-state index contributed by atoms with van der Waals surface area (Å²) in [6.45, 7) is 4.05. The molecule has 2 nitrogen and oxygen atoms in total. The molecular formula is C12H13ClO2S. The second kappa shape index (κ2) is 6.61. The van der Waals surface area contributed by atoms with Crippen molar-refractivity contribution in [3.05, 3.63) is 40.3 Å². The predicted molar refractivity (Wildman–Crippen MR) is 67.7 cm³/mol. The lowest BCUT2D eigenvalue weighted by Gasteiger charge is -2.02. The van der Waals surface area contributed by atoms with Crippen molar-refractivity contribution in [3.8, 4) is 0 Å². The van der Waals surface area contributed by atoms with E-state index < -0.39 is 0 Å². The number of hydrogen-bond donors (Lipinski definition) is 0. The van der Waals surface area contributed by atoms with Crippen LogP contribution in [0.15, 0.2) is 40.1 Å². The van der Waals surface area contributed by atoms with Crippen molar-refractivity contribution in [1.82, 2.24) is 0 Å². The molecule has 86 valence electrons. The summed E-state index contributed by atoms with van der Waals surface area (Å²) in [5.41, 5.74) is 0. The molecule has 0 saturated heterocycles. The SMILES string of the molecule is CCOC(=O)/C=C(\C)Sc1ccc(Cl)cc1. The van der Waals surface area contributed by atoms with E-state index in [4.69, 9.17) is 16.3 Å². The van der Waals surface area contributed by atoms with Crippen molar-refractivity contribution in [1.29, 1.82) is 0 Å². The minimum absolute atomic E-state index is 0.304. The number of ether oxygens (including phenoxy) is 1. The van der Waals surface area contributed by atoms with E-state index in [1.165, 1.54) is 17.8 Å². The van der Waals surface area contributed by atoms with Gasteiger partial charge in [0.25, 0.3) is 0 Å². The fourth-order valence-electron chi connectivity index (χ4n) is 1.07. The van der Waals surface area contributed by atoms with Gasteiger partial charge >= 0.3 is 5.97 Å². The maximum Gasteiger partial charge on any atom is 0.331 e. The summed E-state index contributed by atoms with van der Waals surface area (Å²) in [7, 11) is 0. The molecule has 0 amide bonds. The Morgan fingerprint density at radius 2 is 2.06 bits per heavy atom. The lowest BCUT2D eigenvalue weighted by molar-refractivity contribution is -0.137. The first-order valence-corrected chi connectivity index (χ1v) is 6.09. The van der Waals surface area contributed by atoms with Gasteiger partial charge in [0.05, 0.1) is 6.61 Å². The van der Waals surface area contributed by atoms with Crippen LogP contribution in [0.4, 0.5) is 0 Å². The molecule has 1 aromatic rings. The van der Waals surface area contributed by atoms with Crippen LogP contribution in [0.1, 0.15) is 13.8 Å². The molecule has 4 heteroatoms. The highest BCUT2D eigenvalue weighted by atomic mass is 35.5. The molecule has 0 N–H and O–H groups in total. The highest BCUT2D eigenvalue weighted by Gasteiger charge is 2.00. The molecule has 0 radical (unpaired) electrons. The van der Waals surface area contributed by atoms with Crippen LogP contribution in [-0.2, 0) is 9.53 Å². The smallest absolute Gasteiger partial charge is 0.331 e. The molecule has 1 rings (SSSR count). The van der Waals surface area contributed by atoms with Gasteiger partial charge in [0, 0.05) is 16.0 Å². The Morgan fingerprint density at radius 3 is 2.62 bits per heavy atom. The Labute approximate surface area is 105 Å². The fourth-order valence-corrected chi connectivity index (χ4v) is 1.99. The van der Waals surface area contributed by atoms with Crippen LogP contribution in [0.2, 0.25) is 5.02 Å². The predicted octanol–water partition coefficient (Wildman–Crippen LogP) is 3.90. The van der Waals surface area contributed by atoms with E-state index in [1.807, 2.05) is 31.2 Å².